The zero-order valence-electron chi connectivity index (χ0n) is 8.93. The smallest absolute Gasteiger partial charge is 0.372 e. The molecular weight excluding hydrogens is 243 g/mol. The Balaban J connectivity index is 3.42. The maximum absolute atomic E-state index is 13.4. The van der Waals surface area contributed by atoms with Crippen molar-refractivity contribution in [3.8, 4) is 0 Å². The van der Waals surface area contributed by atoms with Gasteiger partial charge in [-0.25, -0.2) is 8.78 Å². The van der Waals surface area contributed by atoms with Gasteiger partial charge in [0.15, 0.2) is 0 Å². The summed E-state index contributed by atoms with van der Waals surface area (Å²) in [6.45, 7) is 0.889. The Hall–Kier alpha value is -1.17. The van der Waals surface area contributed by atoms with Crippen molar-refractivity contribution < 1.29 is 27.1 Å². The molecule has 0 amide bonds. The van der Waals surface area contributed by atoms with Gasteiger partial charge in [-0.3, -0.25) is 0 Å². The van der Waals surface area contributed by atoms with E-state index in [9.17, 15) is 27.1 Å². The van der Waals surface area contributed by atoms with Crippen LogP contribution in [0, 0.1) is 0 Å². The van der Waals surface area contributed by atoms with Crippen LogP contribution < -0.4 is 0 Å². The molecule has 6 heteroatoms. The molecule has 1 N–H and O–H groups in total. The summed E-state index contributed by atoms with van der Waals surface area (Å²) in [5.74, 6) is -4.29. The van der Waals surface area contributed by atoms with Gasteiger partial charge in [0, 0.05) is 6.42 Å². The molecular formula is C11H11F5O. The highest BCUT2D eigenvalue weighted by Crippen LogP contribution is 2.50. The first-order valence-corrected chi connectivity index (χ1v) is 4.89. The van der Waals surface area contributed by atoms with Crippen molar-refractivity contribution in [2.75, 3.05) is 0 Å². The van der Waals surface area contributed by atoms with Gasteiger partial charge in [-0.2, -0.15) is 13.2 Å². The minimum absolute atomic E-state index is 0.830. The van der Waals surface area contributed by atoms with Gasteiger partial charge in [0.05, 0.1) is 0 Å². The van der Waals surface area contributed by atoms with Crippen molar-refractivity contribution in [1.29, 1.82) is 0 Å². The molecule has 1 rings (SSSR count). The lowest BCUT2D eigenvalue weighted by atomic mass is 9.85. The molecule has 1 aromatic carbocycles. The van der Waals surface area contributed by atoms with Crippen LogP contribution in [0.5, 0.6) is 0 Å². The van der Waals surface area contributed by atoms with E-state index < -0.39 is 29.7 Å². The highest BCUT2D eigenvalue weighted by molar-refractivity contribution is 5.27. The molecule has 1 unspecified atom stereocenters. The summed E-state index contributed by atoms with van der Waals surface area (Å²) in [7, 11) is 0. The van der Waals surface area contributed by atoms with Crippen molar-refractivity contribution in [3.63, 3.8) is 0 Å². The quantitative estimate of drug-likeness (QED) is 0.819. The molecule has 1 aromatic rings. The molecule has 0 bridgehead atoms. The summed E-state index contributed by atoms with van der Waals surface area (Å²) in [6.07, 6.45) is -6.56. The van der Waals surface area contributed by atoms with Gasteiger partial charge in [0.1, 0.15) is 0 Å². The SMILES string of the molecule is CCC(F)(F)C(O)(c1ccccc1)C(F)(F)F. The van der Waals surface area contributed by atoms with Crippen LogP contribution >= 0.6 is 0 Å². The van der Waals surface area contributed by atoms with Gasteiger partial charge >= 0.3 is 6.18 Å². The molecule has 0 saturated carbocycles. The fourth-order valence-corrected chi connectivity index (χ4v) is 1.52. The summed E-state index contributed by atoms with van der Waals surface area (Å²) in [5, 5.41) is 9.47. The molecule has 96 valence electrons. The van der Waals surface area contributed by atoms with Crippen LogP contribution in [0.15, 0.2) is 30.3 Å². The van der Waals surface area contributed by atoms with Gasteiger partial charge in [0.2, 0.25) is 5.60 Å². The van der Waals surface area contributed by atoms with Gasteiger partial charge in [-0.05, 0) is 5.56 Å². The Morgan fingerprint density at radius 1 is 1.00 bits per heavy atom. The largest absolute Gasteiger partial charge is 0.427 e. The number of alkyl halides is 5. The first kappa shape index (κ1) is 13.9. The normalized spacial score (nSPS) is 16.6. The Morgan fingerprint density at radius 3 is 1.82 bits per heavy atom. The fourth-order valence-electron chi connectivity index (χ4n) is 1.52. The maximum atomic E-state index is 13.4. The van der Waals surface area contributed by atoms with Crippen LogP contribution in [0.1, 0.15) is 18.9 Å². The van der Waals surface area contributed by atoms with Crippen molar-refractivity contribution in [2.45, 2.75) is 31.0 Å². The Kier molecular flexibility index (Phi) is 3.47. The molecule has 0 aromatic heterocycles. The second kappa shape index (κ2) is 4.25. The lowest BCUT2D eigenvalue weighted by Gasteiger charge is -2.37. The molecule has 17 heavy (non-hydrogen) atoms. The topological polar surface area (TPSA) is 20.2 Å². The first-order chi connectivity index (χ1) is 7.67. The summed E-state index contributed by atoms with van der Waals surface area (Å²) < 4.78 is 65.1. The minimum atomic E-state index is -5.45. The van der Waals surface area contributed by atoms with E-state index in [1.54, 1.807) is 0 Å². The Labute approximate surface area is 94.9 Å². The van der Waals surface area contributed by atoms with Gasteiger partial charge < -0.3 is 5.11 Å². The highest BCUT2D eigenvalue weighted by atomic mass is 19.4. The standard InChI is InChI=1S/C11H11F5O/c1-2-9(12,13)10(17,11(14,15)16)8-6-4-3-5-7-8/h3-7,17H,2H2,1H3. The molecule has 0 heterocycles. The van der Waals surface area contributed by atoms with E-state index in [1.807, 2.05) is 0 Å². The van der Waals surface area contributed by atoms with Gasteiger partial charge in [0.25, 0.3) is 5.92 Å². The number of benzene rings is 1. The number of rotatable bonds is 3. The van der Waals surface area contributed by atoms with Crippen LogP contribution in [0.2, 0.25) is 0 Å². The van der Waals surface area contributed by atoms with E-state index in [4.69, 9.17) is 0 Å². The van der Waals surface area contributed by atoms with Crippen LogP contribution in [0.25, 0.3) is 0 Å². The van der Waals surface area contributed by atoms with Crippen molar-refractivity contribution in [3.05, 3.63) is 35.9 Å². The maximum Gasteiger partial charge on any atom is 0.427 e. The summed E-state index contributed by atoms with van der Waals surface area (Å²) in [5.41, 5.74) is -5.02. The van der Waals surface area contributed by atoms with E-state index in [1.165, 1.54) is 6.07 Å². The van der Waals surface area contributed by atoms with Crippen LogP contribution in [-0.2, 0) is 5.60 Å². The molecule has 1 nitrogen and oxygen atoms in total. The average molecular weight is 254 g/mol. The Morgan fingerprint density at radius 2 is 1.47 bits per heavy atom. The van der Waals surface area contributed by atoms with Crippen molar-refractivity contribution in [2.24, 2.45) is 0 Å². The van der Waals surface area contributed by atoms with E-state index in [0.717, 1.165) is 31.2 Å². The Bertz CT molecular complexity index is 373. The fraction of sp³-hybridized carbons (Fsp3) is 0.455. The lowest BCUT2D eigenvalue weighted by Crippen LogP contribution is -2.55. The van der Waals surface area contributed by atoms with Crippen molar-refractivity contribution >= 4 is 0 Å². The molecule has 0 saturated heterocycles. The van der Waals surface area contributed by atoms with Crippen LogP contribution in [0.4, 0.5) is 22.0 Å². The predicted octanol–water partition coefficient (Wildman–Crippen LogP) is 3.48. The molecule has 0 aliphatic heterocycles. The van der Waals surface area contributed by atoms with E-state index in [0.29, 0.717) is 0 Å². The van der Waals surface area contributed by atoms with Crippen LogP contribution in [-0.4, -0.2) is 17.2 Å². The molecule has 0 aliphatic rings. The second-order valence-electron chi connectivity index (χ2n) is 3.63. The summed E-state index contributed by atoms with van der Waals surface area (Å²) >= 11 is 0. The number of halogens is 5. The predicted molar refractivity (Wildman–Crippen MR) is 51.6 cm³/mol. The van der Waals surface area contributed by atoms with Crippen molar-refractivity contribution in [1.82, 2.24) is 0 Å². The second-order valence-corrected chi connectivity index (χ2v) is 3.63. The van der Waals surface area contributed by atoms with Gasteiger partial charge in [-0.15, -0.1) is 0 Å². The molecule has 0 aliphatic carbocycles. The van der Waals surface area contributed by atoms with Gasteiger partial charge in [-0.1, -0.05) is 37.3 Å². The average Bonchev–Trinajstić information content (AvgIpc) is 2.27. The van der Waals surface area contributed by atoms with Crippen LogP contribution in [0.3, 0.4) is 0 Å². The lowest BCUT2D eigenvalue weighted by molar-refractivity contribution is -0.340. The van der Waals surface area contributed by atoms with E-state index >= 15 is 0 Å². The summed E-state index contributed by atoms with van der Waals surface area (Å²) in [6, 6.07) is 5.37. The third kappa shape index (κ3) is 2.13. The number of hydrogen-bond acceptors (Lipinski definition) is 1. The first-order valence-electron chi connectivity index (χ1n) is 4.89. The number of hydrogen-bond donors (Lipinski definition) is 1. The third-order valence-corrected chi connectivity index (χ3v) is 2.58. The zero-order chi connectivity index (χ0) is 13.3. The molecule has 0 fully saturated rings. The molecule has 0 radical (unpaired) electrons. The van der Waals surface area contributed by atoms with E-state index in [-0.39, 0.29) is 0 Å². The number of aliphatic hydroxyl groups is 1. The molecule has 1 atom stereocenters. The zero-order valence-corrected chi connectivity index (χ0v) is 8.93. The summed E-state index contributed by atoms with van der Waals surface area (Å²) in [4.78, 5) is 0. The van der Waals surface area contributed by atoms with E-state index in [2.05, 4.69) is 0 Å². The third-order valence-electron chi connectivity index (χ3n) is 2.58. The highest BCUT2D eigenvalue weighted by Gasteiger charge is 2.68. The minimum Gasteiger partial charge on any atom is -0.372 e. The monoisotopic (exact) mass is 254 g/mol. The molecule has 0 spiro atoms.